The number of anilines is 2. The lowest BCUT2D eigenvalue weighted by molar-refractivity contribution is 0.342. The van der Waals surface area contributed by atoms with E-state index < -0.39 is 0 Å². The molecule has 2 rings (SSSR count). The summed E-state index contributed by atoms with van der Waals surface area (Å²) in [5.41, 5.74) is 7.96. The van der Waals surface area contributed by atoms with Gasteiger partial charge in [-0.15, -0.1) is 0 Å². The van der Waals surface area contributed by atoms with E-state index in [4.69, 9.17) is 10.5 Å². The molecule has 1 aliphatic rings. The number of rotatable bonds is 3. The fraction of sp³-hybridized carbons (Fsp3) is 0.500. The number of para-hydroxylation sites is 1. The first-order valence-electron chi connectivity index (χ1n) is 5.80. The molecule has 0 unspecified atom stereocenters. The average Bonchev–Trinajstić information content (AvgIpc) is 2.33. The summed E-state index contributed by atoms with van der Waals surface area (Å²) in [4.78, 5) is 2.30. The Kier molecular flexibility index (Phi) is 3.51. The minimum absolute atomic E-state index is 0.648. The van der Waals surface area contributed by atoms with E-state index in [0.29, 0.717) is 6.61 Å². The normalized spacial score (nSPS) is 16.2. The number of ether oxygens (including phenoxy) is 1. The smallest absolute Gasteiger partial charge is 0.144 e. The van der Waals surface area contributed by atoms with Crippen molar-refractivity contribution in [2.75, 3.05) is 43.4 Å². The minimum atomic E-state index is 0.648. The second kappa shape index (κ2) is 5.07. The Hall–Kier alpha value is -1.42. The molecule has 88 valence electrons. The van der Waals surface area contributed by atoms with Crippen molar-refractivity contribution in [2.24, 2.45) is 0 Å². The molecule has 0 atom stereocenters. The van der Waals surface area contributed by atoms with Crippen molar-refractivity contribution < 1.29 is 4.74 Å². The van der Waals surface area contributed by atoms with Crippen LogP contribution in [0.25, 0.3) is 0 Å². The van der Waals surface area contributed by atoms with Crippen LogP contribution in [0.4, 0.5) is 11.4 Å². The van der Waals surface area contributed by atoms with Gasteiger partial charge in [0.1, 0.15) is 5.75 Å². The van der Waals surface area contributed by atoms with Gasteiger partial charge in [-0.2, -0.15) is 0 Å². The molecule has 0 aliphatic carbocycles. The van der Waals surface area contributed by atoms with E-state index in [-0.39, 0.29) is 0 Å². The van der Waals surface area contributed by atoms with Crippen molar-refractivity contribution >= 4 is 11.4 Å². The average molecular weight is 221 g/mol. The SMILES string of the molecule is CCOc1cccc(N2CCNCC2)c1N. The monoisotopic (exact) mass is 221 g/mol. The summed E-state index contributed by atoms with van der Waals surface area (Å²) >= 11 is 0. The van der Waals surface area contributed by atoms with Gasteiger partial charge in [0.25, 0.3) is 0 Å². The van der Waals surface area contributed by atoms with Crippen LogP contribution in [0, 0.1) is 0 Å². The van der Waals surface area contributed by atoms with Gasteiger partial charge in [0.2, 0.25) is 0 Å². The highest BCUT2D eigenvalue weighted by Crippen LogP contribution is 2.32. The molecule has 0 spiro atoms. The summed E-state index contributed by atoms with van der Waals surface area (Å²) in [5, 5.41) is 3.33. The molecule has 1 heterocycles. The van der Waals surface area contributed by atoms with Crippen LogP contribution >= 0.6 is 0 Å². The van der Waals surface area contributed by atoms with E-state index in [1.165, 1.54) is 0 Å². The molecule has 3 N–H and O–H groups in total. The quantitative estimate of drug-likeness (QED) is 0.750. The Morgan fingerprint density at radius 3 is 2.81 bits per heavy atom. The highest BCUT2D eigenvalue weighted by Gasteiger charge is 2.14. The Morgan fingerprint density at radius 1 is 1.38 bits per heavy atom. The lowest BCUT2D eigenvalue weighted by atomic mass is 10.2. The zero-order chi connectivity index (χ0) is 11.4. The van der Waals surface area contributed by atoms with Crippen molar-refractivity contribution in [1.29, 1.82) is 0 Å². The van der Waals surface area contributed by atoms with Crippen molar-refractivity contribution in [3.05, 3.63) is 18.2 Å². The van der Waals surface area contributed by atoms with Crippen molar-refractivity contribution in [2.45, 2.75) is 6.92 Å². The highest BCUT2D eigenvalue weighted by atomic mass is 16.5. The van der Waals surface area contributed by atoms with Crippen LogP contribution in [0.2, 0.25) is 0 Å². The number of piperazine rings is 1. The Balaban J connectivity index is 2.22. The lowest BCUT2D eigenvalue weighted by Crippen LogP contribution is -2.43. The first kappa shape index (κ1) is 11.1. The maximum Gasteiger partial charge on any atom is 0.144 e. The van der Waals surface area contributed by atoms with E-state index in [0.717, 1.165) is 43.3 Å². The molecule has 1 saturated heterocycles. The molecule has 4 nitrogen and oxygen atoms in total. The molecule has 1 aromatic rings. The summed E-state index contributed by atoms with van der Waals surface area (Å²) in [6.07, 6.45) is 0. The molecule has 1 aliphatic heterocycles. The van der Waals surface area contributed by atoms with E-state index in [2.05, 4.69) is 16.3 Å². The largest absolute Gasteiger partial charge is 0.492 e. The van der Waals surface area contributed by atoms with Gasteiger partial charge in [-0.3, -0.25) is 0 Å². The first-order chi connectivity index (χ1) is 7.83. The van der Waals surface area contributed by atoms with Gasteiger partial charge in [-0.1, -0.05) is 6.07 Å². The van der Waals surface area contributed by atoms with Gasteiger partial charge in [-0.25, -0.2) is 0 Å². The Morgan fingerprint density at radius 2 is 2.12 bits per heavy atom. The molecule has 1 fully saturated rings. The molecular formula is C12H19N3O. The van der Waals surface area contributed by atoms with Crippen LogP contribution < -0.4 is 20.7 Å². The van der Waals surface area contributed by atoms with Crippen LogP contribution in [-0.4, -0.2) is 32.8 Å². The zero-order valence-corrected chi connectivity index (χ0v) is 9.70. The fourth-order valence-corrected chi connectivity index (χ4v) is 2.00. The third-order valence-corrected chi connectivity index (χ3v) is 2.80. The van der Waals surface area contributed by atoms with Gasteiger partial charge in [0, 0.05) is 26.2 Å². The molecule has 0 bridgehead atoms. The van der Waals surface area contributed by atoms with Crippen LogP contribution in [0.15, 0.2) is 18.2 Å². The second-order valence-corrected chi connectivity index (χ2v) is 3.86. The van der Waals surface area contributed by atoms with Crippen LogP contribution in [0.1, 0.15) is 6.92 Å². The molecule has 16 heavy (non-hydrogen) atoms. The third-order valence-electron chi connectivity index (χ3n) is 2.80. The lowest BCUT2D eigenvalue weighted by Gasteiger charge is -2.30. The predicted molar refractivity (Wildman–Crippen MR) is 67.1 cm³/mol. The maximum atomic E-state index is 6.11. The predicted octanol–water partition coefficient (Wildman–Crippen LogP) is 1.08. The molecule has 4 heteroatoms. The minimum Gasteiger partial charge on any atom is -0.492 e. The Bertz CT molecular complexity index is 348. The highest BCUT2D eigenvalue weighted by molar-refractivity contribution is 5.74. The van der Waals surface area contributed by atoms with E-state index in [1.807, 2.05) is 19.1 Å². The number of nitrogens with zero attached hydrogens (tertiary/aromatic N) is 1. The topological polar surface area (TPSA) is 50.5 Å². The van der Waals surface area contributed by atoms with Gasteiger partial charge in [0.05, 0.1) is 18.0 Å². The molecular weight excluding hydrogens is 202 g/mol. The van der Waals surface area contributed by atoms with Gasteiger partial charge >= 0.3 is 0 Å². The number of hydrogen-bond acceptors (Lipinski definition) is 4. The Labute approximate surface area is 96.4 Å². The molecule has 0 radical (unpaired) electrons. The summed E-state index contributed by atoms with van der Waals surface area (Å²) < 4.78 is 5.50. The van der Waals surface area contributed by atoms with Crippen LogP contribution in [0.5, 0.6) is 5.75 Å². The maximum absolute atomic E-state index is 6.11. The van der Waals surface area contributed by atoms with E-state index in [9.17, 15) is 0 Å². The summed E-state index contributed by atoms with van der Waals surface area (Å²) in [6, 6.07) is 5.98. The molecule has 0 saturated carbocycles. The van der Waals surface area contributed by atoms with Crippen LogP contribution in [-0.2, 0) is 0 Å². The summed E-state index contributed by atoms with van der Waals surface area (Å²) in [6.45, 7) is 6.64. The van der Waals surface area contributed by atoms with Crippen LogP contribution in [0.3, 0.4) is 0 Å². The molecule has 0 aromatic heterocycles. The summed E-state index contributed by atoms with van der Waals surface area (Å²) in [7, 11) is 0. The number of hydrogen-bond donors (Lipinski definition) is 2. The number of benzene rings is 1. The van der Waals surface area contributed by atoms with Gasteiger partial charge < -0.3 is 20.7 Å². The first-order valence-corrected chi connectivity index (χ1v) is 5.80. The zero-order valence-electron chi connectivity index (χ0n) is 9.70. The van der Waals surface area contributed by atoms with Crippen molar-refractivity contribution in [1.82, 2.24) is 5.32 Å². The fourth-order valence-electron chi connectivity index (χ4n) is 2.00. The number of nitrogens with one attached hydrogen (secondary N) is 1. The number of nitrogen functional groups attached to an aromatic ring is 1. The van der Waals surface area contributed by atoms with Gasteiger partial charge in [0.15, 0.2) is 0 Å². The van der Waals surface area contributed by atoms with Crippen molar-refractivity contribution in [3.8, 4) is 5.75 Å². The van der Waals surface area contributed by atoms with Crippen molar-refractivity contribution in [3.63, 3.8) is 0 Å². The van der Waals surface area contributed by atoms with E-state index in [1.54, 1.807) is 0 Å². The third kappa shape index (κ3) is 2.22. The standard InChI is InChI=1S/C12H19N3O/c1-2-16-11-5-3-4-10(12(11)13)15-8-6-14-7-9-15/h3-5,14H,2,6-9,13H2,1H3. The summed E-state index contributed by atoms with van der Waals surface area (Å²) in [5.74, 6) is 0.790. The molecule has 1 aromatic carbocycles. The van der Waals surface area contributed by atoms with Gasteiger partial charge in [-0.05, 0) is 19.1 Å². The molecule has 0 amide bonds. The van der Waals surface area contributed by atoms with E-state index >= 15 is 0 Å². The second-order valence-electron chi connectivity index (χ2n) is 3.86. The number of nitrogens with two attached hydrogens (primary N) is 1.